The summed E-state index contributed by atoms with van der Waals surface area (Å²) in [7, 11) is 0. The second-order valence-corrected chi connectivity index (χ2v) is 4.76. The molecular formula is C12H16N2O4. The van der Waals surface area contributed by atoms with Gasteiger partial charge in [-0.05, 0) is 33.1 Å². The summed E-state index contributed by atoms with van der Waals surface area (Å²) >= 11 is 0. The highest BCUT2D eigenvalue weighted by molar-refractivity contribution is 5.92. The van der Waals surface area contributed by atoms with Crippen molar-refractivity contribution in [1.29, 1.82) is 0 Å². The zero-order valence-corrected chi connectivity index (χ0v) is 10.4. The number of aliphatic carboxylic acids is 1. The van der Waals surface area contributed by atoms with Gasteiger partial charge in [-0.3, -0.25) is 14.9 Å². The standard InChI is InChI=1S/C12H16N2O4/c1-6-7(2)14-18-11(6)13-10(15)8-3-4-9(5-8)12(16)17/h8-9H,3-5H2,1-2H3,(H,13,15)(H,16,17)/t8-,9+/m1/s1. The number of carbonyl (C=O) groups is 2. The minimum atomic E-state index is -0.822. The molecule has 1 aromatic rings. The van der Waals surface area contributed by atoms with Crippen LogP contribution >= 0.6 is 0 Å². The molecule has 6 heteroatoms. The number of amides is 1. The van der Waals surface area contributed by atoms with Crippen LogP contribution in [0.5, 0.6) is 0 Å². The first-order chi connectivity index (χ1) is 8.49. The quantitative estimate of drug-likeness (QED) is 0.854. The van der Waals surface area contributed by atoms with Gasteiger partial charge >= 0.3 is 5.97 Å². The lowest BCUT2D eigenvalue weighted by Gasteiger charge is -2.08. The minimum absolute atomic E-state index is 0.182. The molecule has 1 heterocycles. The third-order valence-corrected chi connectivity index (χ3v) is 3.55. The van der Waals surface area contributed by atoms with Crippen molar-refractivity contribution in [3.05, 3.63) is 11.3 Å². The van der Waals surface area contributed by atoms with Crippen LogP contribution in [0.3, 0.4) is 0 Å². The Morgan fingerprint density at radius 3 is 2.50 bits per heavy atom. The van der Waals surface area contributed by atoms with Crippen LogP contribution in [0, 0.1) is 25.7 Å². The van der Waals surface area contributed by atoms with E-state index in [1.807, 2.05) is 6.92 Å². The monoisotopic (exact) mass is 252 g/mol. The molecule has 0 spiro atoms. The normalized spacial score (nSPS) is 23.0. The maximum atomic E-state index is 12.0. The number of aromatic nitrogens is 1. The maximum Gasteiger partial charge on any atom is 0.306 e. The van der Waals surface area contributed by atoms with Crippen molar-refractivity contribution in [2.75, 3.05) is 5.32 Å². The maximum absolute atomic E-state index is 12.0. The van der Waals surface area contributed by atoms with E-state index in [9.17, 15) is 9.59 Å². The van der Waals surface area contributed by atoms with Crippen molar-refractivity contribution in [3.63, 3.8) is 0 Å². The molecule has 18 heavy (non-hydrogen) atoms. The van der Waals surface area contributed by atoms with Gasteiger partial charge in [-0.25, -0.2) is 0 Å². The third kappa shape index (κ3) is 2.37. The second-order valence-electron chi connectivity index (χ2n) is 4.76. The molecule has 1 aliphatic rings. The van der Waals surface area contributed by atoms with E-state index in [1.165, 1.54) is 0 Å². The lowest BCUT2D eigenvalue weighted by molar-refractivity contribution is -0.141. The zero-order chi connectivity index (χ0) is 13.3. The van der Waals surface area contributed by atoms with Gasteiger partial charge in [0.25, 0.3) is 0 Å². The van der Waals surface area contributed by atoms with Crippen LogP contribution in [0.25, 0.3) is 0 Å². The van der Waals surface area contributed by atoms with Crippen molar-refractivity contribution in [3.8, 4) is 0 Å². The third-order valence-electron chi connectivity index (χ3n) is 3.55. The van der Waals surface area contributed by atoms with Gasteiger partial charge in [0.15, 0.2) is 0 Å². The van der Waals surface area contributed by atoms with Crippen LogP contribution in [0.1, 0.15) is 30.5 Å². The molecule has 6 nitrogen and oxygen atoms in total. The summed E-state index contributed by atoms with van der Waals surface area (Å²) in [6.45, 7) is 3.61. The van der Waals surface area contributed by atoms with Crippen molar-refractivity contribution in [2.45, 2.75) is 33.1 Å². The van der Waals surface area contributed by atoms with E-state index in [2.05, 4.69) is 10.5 Å². The van der Waals surface area contributed by atoms with Gasteiger partial charge in [-0.2, -0.15) is 0 Å². The molecule has 0 bridgehead atoms. The van der Waals surface area contributed by atoms with Crippen molar-refractivity contribution < 1.29 is 19.2 Å². The molecule has 1 fully saturated rings. The number of hydrogen-bond donors (Lipinski definition) is 2. The summed E-state index contributed by atoms with van der Waals surface area (Å²) in [5.74, 6) is -1.31. The van der Waals surface area contributed by atoms with Crippen LogP contribution in [-0.2, 0) is 9.59 Å². The van der Waals surface area contributed by atoms with E-state index >= 15 is 0 Å². The Bertz CT molecular complexity index is 480. The second kappa shape index (κ2) is 4.80. The summed E-state index contributed by atoms with van der Waals surface area (Å²) < 4.78 is 5.00. The number of aryl methyl sites for hydroxylation is 1. The summed E-state index contributed by atoms with van der Waals surface area (Å²) in [6, 6.07) is 0. The van der Waals surface area contributed by atoms with Crippen molar-refractivity contribution in [1.82, 2.24) is 5.16 Å². The number of anilines is 1. The zero-order valence-electron chi connectivity index (χ0n) is 10.4. The van der Waals surface area contributed by atoms with E-state index < -0.39 is 11.9 Å². The highest BCUT2D eigenvalue weighted by Crippen LogP contribution is 2.32. The van der Waals surface area contributed by atoms with E-state index in [0.29, 0.717) is 25.1 Å². The number of carboxylic acids is 1. The van der Waals surface area contributed by atoms with Gasteiger partial charge in [-0.1, -0.05) is 5.16 Å². The fourth-order valence-corrected chi connectivity index (χ4v) is 2.19. The molecule has 1 aromatic heterocycles. The summed E-state index contributed by atoms with van der Waals surface area (Å²) in [4.78, 5) is 22.8. The summed E-state index contributed by atoms with van der Waals surface area (Å²) in [5, 5.41) is 15.3. The molecular weight excluding hydrogens is 236 g/mol. The highest BCUT2D eigenvalue weighted by atomic mass is 16.5. The Morgan fingerprint density at radius 2 is 2.00 bits per heavy atom. The molecule has 2 atom stereocenters. The van der Waals surface area contributed by atoms with Crippen LogP contribution in [0.4, 0.5) is 5.88 Å². The fourth-order valence-electron chi connectivity index (χ4n) is 2.19. The van der Waals surface area contributed by atoms with E-state index in [4.69, 9.17) is 9.63 Å². The molecule has 1 aliphatic carbocycles. The molecule has 2 N–H and O–H groups in total. The van der Waals surface area contributed by atoms with E-state index in [0.717, 1.165) is 11.3 Å². The molecule has 1 amide bonds. The smallest absolute Gasteiger partial charge is 0.306 e. The number of rotatable bonds is 3. The number of nitrogens with zero attached hydrogens (tertiary/aromatic N) is 1. The van der Waals surface area contributed by atoms with E-state index in [-0.39, 0.29) is 11.8 Å². The molecule has 1 saturated carbocycles. The predicted octanol–water partition coefficient (Wildman–Crippen LogP) is 1.73. The van der Waals surface area contributed by atoms with Crippen LogP contribution in [-0.4, -0.2) is 22.1 Å². The van der Waals surface area contributed by atoms with Crippen LogP contribution in [0.2, 0.25) is 0 Å². The Morgan fingerprint density at radius 1 is 1.33 bits per heavy atom. The fraction of sp³-hybridized carbons (Fsp3) is 0.583. The Kier molecular flexibility index (Phi) is 3.36. The van der Waals surface area contributed by atoms with Crippen molar-refractivity contribution in [2.24, 2.45) is 11.8 Å². The number of carbonyl (C=O) groups excluding carboxylic acids is 1. The molecule has 0 aromatic carbocycles. The number of carboxylic acid groups (broad SMARTS) is 1. The molecule has 98 valence electrons. The molecule has 0 saturated heterocycles. The Labute approximate surface area is 104 Å². The van der Waals surface area contributed by atoms with E-state index in [1.54, 1.807) is 6.92 Å². The molecule has 2 rings (SSSR count). The Hall–Kier alpha value is -1.85. The van der Waals surface area contributed by atoms with Crippen LogP contribution in [0.15, 0.2) is 4.52 Å². The van der Waals surface area contributed by atoms with Crippen molar-refractivity contribution >= 4 is 17.8 Å². The first kappa shape index (κ1) is 12.6. The topological polar surface area (TPSA) is 92.4 Å². The average molecular weight is 252 g/mol. The lowest BCUT2D eigenvalue weighted by Crippen LogP contribution is -2.21. The van der Waals surface area contributed by atoms with Gasteiger partial charge in [0.05, 0.1) is 11.6 Å². The Balaban J connectivity index is 1.97. The molecule has 0 unspecified atom stereocenters. The number of hydrogen-bond acceptors (Lipinski definition) is 4. The SMILES string of the molecule is Cc1noc(NC(=O)[C@@H]2CC[C@H](C(=O)O)C2)c1C. The summed E-state index contributed by atoms with van der Waals surface area (Å²) in [5.41, 5.74) is 1.54. The van der Waals surface area contributed by atoms with Gasteiger partial charge in [-0.15, -0.1) is 0 Å². The first-order valence-electron chi connectivity index (χ1n) is 5.95. The predicted molar refractivity (Wildman–Crippen MR) is 63.1 cm³/mol. The lowest BCUT2D eigenvalue weighted by atomic mass is 10.0. The average Bonchev–Trinajstić information content (AvgIpc) is 2.91. The van der Waals surface area contributed by atoms with Gasteiger partial charge < -0.3 is 9.63 Å². The number of nitrogens with one attached hydrogen (secondary N) is 1. The summed E-state index contributed by atoms with van der Waals surface area (Å²) in [6.07, 6.45) is 1.56. The highest BCUT2D eigenvalue weighted by Gasteiger charge is 2.34. The minimum Gasteiger partial charge on any atom is -0.481 e. The van der Waals surface area contributed by atoms with Crippen LogP contribution < -0.4 is 5.32 Å². The molecule has 0 radical (unpaired) electrons. The van der Waals surface area contributed by atoms with Gasteiger partial charge in [0, 0.05) is 11.5 Å². The first-order valence-corrected chi connectivity index (χ1v) is 5.95. The largest absolute Gasteiger partial charge is 0.481 e. The molecule has 0 aliphatic heterocycles. The van der Waals surface area contributed by atoms with Gasteiger partial charge in [0.2, 0.25) is 11.8 Å². The van der Waals surface area contributed by atoms with Gasteiger partial charge in [0.1, 0.15) is 0 Å².